The lowest BCUT2D eigenvalue weighted by atomic mass is 10.1. The van der Waals surface area contributed by atoms with E-state index in [1.807, 2.05) is 31.1 Å². The number of thiazole rings is 1. The molecule has 0 fully saturated rings. The largest absolute Gasteiger partial charge is 0.308 e. The van der Waals surface area contributed by atoms with Crippen LogP contribution < -0.4 is 4.90 Å². The summed E-state index contributed by atoms with van der Waals surface area (Å²) in [5.41, 5.74) is 1.32. The van der Waals surface area contributed by atoms with E-state index in [0.717, 1.165) is 10.2 Å². The van der Waals surface area contributed by atoms with Gasteiger partial charge in [-0.25, -0.2) is 4.98 Å². The zero-order valence-corrected chi connectivity index (χ0v) is 17.3. The van der Waals surface area contributed by atoms with Gasteiger partial charge >= 0.3 is 0 Å². The first-order chi connectivity index (χ1) is 13.3. The van der Waals surface area contributed by atoms with E-state index in [1.165, 1.54) is 23.5 Å². The minimum Gasteiger partial charge on any atom is -0.308 e. The number of nitrogens with zero attached hydrogens (tertiary/aromatic N) is 4. The van der Waals surface area contributed by atoms with E-state index in [2.05, 4.69) is 4.98 Å². The Labute approximate surface area is 171 Å². The van der Waals surface area contributed by atoms with Gasteiger partial charge in [0.05, 0.1) is 15.1 Å². The predicted octanol–water partition coefficient (Wildman–Crippen LogP) is 4.37. The van der Waals surface area contributed by atoms with Crippen LogP contribution in [-0.4, -0.2) is 47.9 Å². The molecular formula is C19H19ClN4O3S. The van der Waals surface area contributed by atoms with Gasteiger partial charge in [-0.3, -0.25) is 19.8 Å². The summed E-state index contributed by atoms with van der Waals surface area (Å²) in [6.07, 6.45) is 0. The first-order valence-corrected chi connectivity index (χ1v) is 9.74. The molecule has 0 aliphatic heterocycles. The molecule has 0 radical (unpaired) electrons. The summed E-state index contributed by atoms with van der Waals surface area (Å²) in [4.78, 5) is 32.2. The maximum Gasteiger partial charge on any atom is 0.273 e. The molecule has 0 atom stereocenters. The lowest BCUT2D eigenvalue weighted by Gasteiger charge is -2.22. The zero-order chi connectivity index (χ0) is 20.4. The predicted molar refractivity (Wildman–Crippen MR) is 113 cm³/mol. The van der Waals surface area contributed by atoms with Crippen molar-refractivity contribution in [1.29, 1.82) is 0 Å². The average Bonchev–Trinajstić information content (AvgIpc) is 3.04. The average molecular weight is 419 g/mol. The van der Waals surface area contributed by atoms with Crippen LogP contribution in [0.3, 0.4) is 0 Å². The zero-order valence-electron chi connectivity index (χ0n) is 15.7. The summed E-state index contributed by atoms with van der Waals surface area (Å²) >= 11 is 7.43. The molecule has 1 amide bonds. The number of carbonyl (C=O) groups excluding carboxylic acids is 1. The number of rotatable bonds is 6. The molecule has 0 aliphatic rings. The van der Waals surface area contributed by atoms with Crippen LogP contribution in [-0.2, 0) is 0 Å². The van der Waals surface area contributed by atoms with Gasteiger partial charge < -0.3 is 4.90 Å². The number of hydrogen-bond donors (Lipinski definition) is 0. The summed E-state index contributed by atoms with van der Waals surface area (Å²) in [6, 6.07) is 9.91. The van der Waals surface area contributed by atoms with Gasteiger partial charge in [-0.1, -0.05) is 29.0 Å². The number of fused-ring (bicyclic) bond motifs is 1. The third kappa shape index (κ3) is 4.14. The molecular weight excluding hydrogens is 400 g/mol. The van der Waals surface area contributed by atoms with Crippen LogP contribution in [0.15, 0.2) is 36.4 Å². The van der Waals surface area contributed by atoms with Crippen molar-refractivity contribution in [1.82, 2.24) is 9.88 Å². The fraction of sp³-hybridized carbons (Fsp3) is 0.263. The second-order valence-corrected chi connectivity index (χ2v) is 8.02. The molecule has 1 heterocycles. The molecule has 28 heavy (non-hydrogen) atoms. The summed E-state index contributed by atoms with van der Waals surface area (Å²) < 4.78 is 0.876. The highest BCUT2D eigenvalue weighted by molar-refractivity contribution is 7.22. The van der Waals surface area contributed by atoms with Crippen molar-refractivity contribution >= 4 is 49.9 Å². The molecule has 0 unspecified atom stereocenters. The van der Waals surface area contributed by atoms with Crippen molar-refractivity contribution in [3.8, 4) is 0 Å². The highest BCUT2D eigenvalue weighted by Crippen LogP contribution is 2.32. The van der Waals surface area contributed by atoms with Gasteiger partial charge in [-0.15, -0.1) is 0 Å². The van der Waals surface area contributed by atoms with Gasteiger partial charge in [0.25, 0.3) is 11.6 Å². The third-order valence-electron chi connectivity index (χ3n) is 4.32. The highest BCUT2D eigenvalue weighted by Gasteiger charge is 2.25. The van der Waals surface area contributed by atoms with Gasteiger partial charge in [0.2, 0.25) is 0 Å². The first kappa shape index (κ1) is 20.2. The Morgan fingerprint density at radius 1 is 1.25 bits per heavy atom. The van der Waals surface area contributed by atoms with Crippen LogP contribution in [0.1, 0.15) is 15.9 Å². The molecule has 0 saturated carbocycles. The highest BCUT2D eigenvalue weighted by atomic mass is 35.5. The molecule has 1 aromatic heterocycles. The number of anilines is 1. The van der Waals surface area contributed by atoms with Gasteiger partial charge in [-0.05, 0) is 45.3 Å². The van der Waals surface area contributed by atoms with Crippen LogP contribution in [0.2, 0.25) is 5.02 Å². The summed E-state index contributed by atoms with van der Waals surface area (Å²) in [5, 5.41) is 12.4. The Morgan fingerprint density at radius 2 is 2.00 bits per heavy atom. The summed E-state index contributed by atoms with van der Waals surface area (Å²) in [6.45, 7) is 2.62. The molecule has 7 nitrogen and oxygen atoms in total. The van der Waals surface area contributed by atoms with E-state index in [-0.39, 0.29) is 11.6 Å². The minimum atomic E-state index is -0.476. The van der Waals surface area contributed by atoms with Crippen LogP contribution in [0, 0.1) is 17.0 Å². The number of nitro groups is 1. The lowest BCUT2D eigenvalue weighted by molar-refractivity contribution is -0.385. The molecule has 9 heteroatoms. The van der Waals surface area contributed by atoms with Crippen LogP contribution in [0.5, 0.6) is 0 Å². The molecule has 3 rings (SSSR count). The summed E-state index contributed by atoms with van der Waals surface area (Å²) in [5.74, 6) is -0.312. The lowest BCUT2D eigenvalue weighted by Crippen LogP contribution is -2.37. The molecule has 146 valence electrons. The number of halogens is 1. The Morgan fingerprint density at radius 3 is 2.68 bits per heavy atom. The molecule has 0 spiro atoms. The van der Waals surface area contributed by atoms with Crippen molar-refractivity contribution < 1.29 is 9.72 Å². The van der Waals surface area contributed by atoms with Crippen molar-refractivity contribution in [2.75, 3.05) is 32.1 Å². The first-order valence-electron chi connectivity index (χ1n) is 8.54. The Balaban J connectivity index is 2.05. The van der Waals surface area contributed by atoms with E-state index in [1.54, 1.807) is 24.0 Å². The Kier molecular flexibility index (Phi) is 5.93. The SMILES string of the molecule is Cc1c(C(=O)N(CCN(C)C)c2nc3ccc(Cl)cc3s2)cccc1[N+](=O)[O-]. The molecule has 3 aromatic rings. The number of amides is 1. The van der Waals surface area contributed by atoms with Crippen LogP contribution >= 0.6 is 22.9 Å². The number of nitro benzene ring substituents is 1. The summed E-state index contributed by atoms with van der Waals surface area (Å²) in [7, 11) is 3.83. The smallest absolute Gasteiger partial charge is 0.273 e. The topological polar surface area (TPSA) is 79.6 Å². The molecule has 0 aliphatic carbocycles. The number of hydrogen-bond acceptors (Lipinski definition) is 6. The quantitative estimate of drug-likeness (QED) is 0.438. The van der Waals surface area contributed by atoms with E-state index in [4.69, 9.17) is 11.6 Å². The van der Waals surface area contributed by atoms with Crippen molar-refractivity contribution in [2.45, 2.75) is 6.92 Å². The molecule has 0 bridgehead atoms. The maximum atomic E-state index is 13.3. The van der Waals surface area contributed by atoms with Crippen molar-refractivity contribution in [2.24, 2.45) is 0 Å². The Hall–Kier alpha value is -2.55. The van der Waals surface area contributed by atoms with Gasteiger partial charge in [-0.2, -0.15) is 0 Å². The van der Waals surface area contributed by atoms with Crippen molar-refractivity contribution in [3.63, 3.8) is 0 Å². The maximum absolute atomic E-state index is 13.3. The fourth-order valence-electron chi connectivity index (χ4n) is 2.78. The van der Waals surface area contributed by atoms with Gasteiger partial charge in [0.1, 0.15) is 0 Å². The number of benzene rings is 2. The number of aromatic nitrogens is 1. The minimum absolute atomic E-state index is 0.0745. The monoisotopic (exact) mass is 418 g/mol. The van der Waals surface area contributed by atoms with E-state index in [9.17, 15) is 14.9 Å². The van der Waals surface area contributed by atoms with Crippen LogP contribution in [0.25, 0.3) is 10.2 Å². The Bertz CT molecular complexity index is 1050. The van der Waals surface area contributed by atoms with Crippen molar-refractivity contribution in [3.05, 3.63) is 62.7 Å². The second kappa shape index (κ2) is 8.22. The van der Waals surface area contributed by atoms with Gasteiger partial charge in [0.15, 0.2) is 5.13 Å². The number of likely N-dealkylation sites (N-methyl/N-ethyl adjacent to an activating group) is 1. The normalized spacial score (nSPS) is 11.2. The fourth-order valence-corrected chi connectivity index (χ4v) is 4.05. The molecule has 2 aromatic carbocycles. The van der Waals surface area contributed by atoms with Crippen LogP contribution in [0.4, 0.5) is 10.8 Å². The second-order valence-electron chi connectivity index (χ2n) is 6.58. The molecule has 0 saturated heterocycles. The standard InChI is InChI=1S/C19H19ClN4O3S/c1-12-14(5-4-6-16(12)24(26)27)18(25)23(10-9-22(2)3)19-21-15-8-7-13(20)11-17(15)28-19/h4-8,11H,9-10H2,1-3H3. The van der Waals surface area contributed by atoms with E-state index >= 15 is 0 Å². The molecule has 0 N–H and O–H groups in total. The number of carbonyl (C=O) groups is 1. The van der Waals surface area contributed by atoms with E-state index < -0.39 is 4.92 Å². The van der Waals surface area contributed by atoms with E-state index in [0.29, 0.717) is 34.4 Å². The van der Waals surface area contributed by atoms with Gasteiger partial charge in [0, 0.05) is 35.3 Å². The third-order valence-corrected chi connectivity index (χ3v) is 5.59.